The molecule has 0 saturated heterocycles. The van der Waals surface area contributed by atoms with Crippen LogP contribution in [-0.2, 0) is 6.42 Å². The van der Waals surface area contributed by atoms with Crippen LogP contribution < -0.4 is 5.32 Å². The van der Waals surface area contributed by atoms with E-state index >= 15 is 0 Å². The van der Waals surface area contributed by atoms with Gasteiger partial charge >= 0.3 is 0 Å². The molecule has 0 radical (unpaired) electrons. The van der Waals surface area contributed by atoms with Gasteiger partial charge < -0.3 is 10.4 Å². The van der Waals surface area contributed by atoms with Gasteiger partial charge in [0.1, 0.15) is 5.75 Å². The smallest absolute Gasteiger partial charge is 0.115 e. The fourth-order valence-electron chi connectivity index (χ4n) is 2.87. The zero-order valence-corrected chi connectivity index (χ0v) is 12.8. The molecule has 1 aliphatic carbocycles. The van der Waals surface area contributed by atoms with Crippen LogP contribution >= 0.6 is 0 Å². The molecule has 2 nitrogen and oxygen atoms in total. The van der Waals surface area contributed by atoms with E-state index in [1.807, 2.05) is 12.1 Å². The van der Waals surface area contributed by atoms with E-state index in [4.69, 9.17) is 0 Å². The first-order valence-corrected chi connectivity index (χ1v) is 7.77. The summed E-state index contributed by atoms with van der Waals surface area (Å²) in [5.41, 5.74) is 5.18. The summed E-state index contributed by atoms with van der Waals surface area (Å²) in [7, 11) is 0. The molecule has 0 amide bonds. The minimum atomic E-state index is 0.331. The van der Waals surface area contributed by atoms with Gasteiger partial charge in [0.2, 0.25) is 0 Å². The van der Waals surface area contributed by atoms with Crippen molar-refractivity contribution in [2.45, 2.75) is 45.1 Å². The van der Waals surface area contributed by atoms with E-state index in [2.05, 4.69) is 43.4 Å². The van der Waals surface area contributed by atoms with Crippen molar-refractivity contribution in [3.05, 3.63) is 59.2 Å². The molecule has 0 unspecified atom stereocenters. The third-order valence-corrected chi connectivity index (χ3v) is 4.15. The van der Waals surface area contributed by atoms with Gasteiger partial charge in [-0.25, -0.2) is 0 Å². The lowest BCUT2D eigenvalue weighted by atomic mass is 10.0. The molecule has 1 fully saturated rings. The second-order valence-corrected chi connectivity index (χ2v) is 6.27. The van der Waals surface area contributed by atoms with Crippen LogP contribution in [0.25, 0.3) is 0 Å². The molecule has 2 aromatic carbocycles. The summed E-state index contributed by atoms with van der Waals surface area (Å²) in [5, 5.41) is 13.1. The van der Waals surface area contributed by atoms with E-state index < -0.39 is 0 Å². The Morgan fingerprint density at radius 3 is 2.67 bits per heavy atom. The van der Waals surface area contributed by atoms with Gasteiger partial charge in [0.15, 0.2) is 0 Å². The lowest BCUT2D eigenvalue weighted by molar-refractivity contribution is 0.474. The molecule has 0 aliphatic heterocycles. The standard InChI is InChI=1S/C19H23NO/c1-13-10-17(16-6-7-16)8-9-19(13)20-14(2)11-15-4-3-5-18(21)12-15/h3-5,8-10,12,14,16,20-21H,6-7,11H2,1-2H3/t14-/m1/s1. The lowest BCUT2D eigenvalue weighted by Crippen LogP contribution is -2.18. The largest absolute Gasteiger partial charge is 0.508 e. The molecule has 3 rings (SSSR count). The number of phenols is 1. The first kappa shape index (κ1) is 14.0. The molecule has 2 aromatic rings. The predicted octanol–water partition coefficient (Wildman–Crippen LogP) is 4.62. The summed E-state index contributed by atoms with van der Waals surface area (Å²) < 4.78 is 0. The van der Waals surface area contributed by atoms with Crippen molar-refractivity contribution in [1.29, 1.82) is 0 Å². The summed E-state index contributed by atoms with van der Waals surface area (Å²) >= 11 is 0. The number of aromatic hydroxyl groups is 1. The Kier molecular flexibility index (Phi) is 3.87. The number of rotatable bonds is 5. The van der Waals surface area contributed by atoms with E-state index in [9.17, 15) is 5.11 Å². The molecule has 1 atom stereocenters. The second-order valence-electron chi connectivity index (χ2n) is 6.27. The van der Waals surface area contributed by atoms with Crippen molar-refractivity contribution in [1.82, 2.24) is 0 Å². The van der Waals surface area contributed by atoms with Gasteiger partial charge in [0.05, 0.1) is 0 Å². The Labute approximate surface area is 126 Å². The van der Waals surface area contributed by atoms with Crippen LogP contribution in [0.3, 0.4) is 0 Å². The maximum absolute atomic E-state index is 9.53. The lowest BCUT2D eigenvalue weighted by Gasteiger charge is -2.18. The highest BCUT2D eigenvalue weighted by atomic mass is 16.3. The minimum absolute atomic E-state index is 0.331. The van der Waals surface area contributed by atoms with Crippen molar-refractivity contribution < 1.29 is 5.11 Å². The van der Waals surface area contributed by atoms with Crippen LogP contribution in [0.1, 0.15) is 42.4 Å². The molecule has 0 aromatic heterocycles. The molecule has 2 N–H and O–H groups in total. The highest BCUT2D eigenvalue weighted by Crippen LogP contribution is 2.41. The molecule has 0 bridgehead atoms. The molecule has 21 heavy (non-hydrogen) atoms. The van der Waals surface area contributed by atoms with Gasteiger partial charge in [0.25, 0.3) is 0 Å². The summed E-state index contributed by atoms with van der Waals surface area (Å²) in [4.78, 5) is 0. The van der Waals surface area contributed by atoms with E-state index in [1.165, 1.54) is 29.7 Å². The summed E-state index contributed by atoms with van der Waals surface area (Å²) in [5.74, 6) is 1.15. The third kappa shape index (κ3) is 3.57. The Balaban J connectivity index is 1.65. The van der Waals surface area contributed by atoms with Crippen molar-refractivity contribution >= 4 is 5.69 Å². The number of anilines is 1. The number of phenolic OH excluding ortho intramolecular Hbond substituents is 1. The predicted molar refractivity (Wildman–Crippen MR) is 88.0 cm³/mol. The molecular formula is C19H23NO. The molecule has 1 saturated carbocycles. The van der Waals surface area contributed by atoms with E-state index in [0.717, 1.165) is 17.9 Å². The number of benzene rings is 2. The Bertz CT molecular complexity index is 631. The van der Waals surface area contributed by atoms with Crippen LogP contribution in [-0.4, -0.2) is 11.1 Å². The first-order valence-electron chi connectivity index (χ1n) is 7.77. The number of hydrogen-bond acceptors (Lipinski definition) is 2. The van der Waals surface area contributed by atoms with Gasteiger partial charge in [-0.2, -0.15) is 0 Å². The van der Waals surface area contributed by atoms with Crippen molar-refractivity contribution in [2.75, 3.05) is 5.32 Å². The maximum Gasteiger partial charge on any atom is 0.115 e. The van der Waals surface area contributed by atoms with Crippen LogP contribution in [0.2, 0.25) is 0 Å². The molecule has 110 valence electrons. The SMILES string of the molecule is Cc1cc(C2CC2)ccc1N[C@H](C)Cc1cccc(O)c1. The topological polar surface area (TPSA) is 32.3 Å². The van der Waals surface area contributed by atoms with Crippen molar-refractivity contribution in [2.24, 2.45) is 0 Å². The van der Waals surface area contributed by atoms with Crippen LogP contribution in [0, 0.1) is 6.92 Å². The number of nitrogens with one attached hydrogen (secondary N) is 1. The van der Waals surface area contributed by atoms with Crippen LogP contribution in [0.4, 0.5) is 5.69 Å². The van der Waals surface area contributed by atoms with Crippen LogP contribution in [0.15, 0.2) is 42.5 Å². The fourth-order valence-corrected chi connectivity index (χ4v) is 2.87. The molecular weight excluding hydrogens is 258 g/mol. The van der Waals surface area contributed by atoms with Gasteiger partial charge in [0, 0.05) is 11.7 Å². The van der Waals surface area contributed by atoms with E-state index in [-0.39, 0.29) is 0 Å². The normalized spacial score (nSPS) is 15.7. The molecule has 1 aliphatic rings. The zero-order chi connectivity index (χ0) is 14.8. The van der Waals surface area contributed by atoms with Crippen LogP contribution in [0.5, 0.6) is 5.75 Å². The molecule has 0 heterocycles. The highest BCUT2D eigenvalue weighted by molar-refractivity contribution is 5.53. The van der Waals surface area contributed by atoms with Gasteiger partial charge in [-0.3, -0.25) is 0 Å². The van der Waals surface area contributed by atoms with Gasteiger partial charge in [-0.15, -0.1) is 0 Å². The fraction of sp³-hybridized carbons (Fsp3) is 0.368. The number of hydrogen-bond donors (Lipinski definition) is 2. The summed E-state index contributed by atoms with van der Waals surface area (Å²) in [6, 6.07) is 14.6. The van der Waals surface area contributed by atoms with E-state index in [0.29, 0.717) is 11.8 Å². The molecule has 0 spiro atoms. The second kappa shape index (κ2) is 5.80. The highest BCUT2D eigenvalue weighted by Gasteiger charge is 2.23. The summed E-state index contributed by atoms with van der Waals surface area (Å²) in [6.07, 6.45) is 3.60. The van der Waals surface area contributed by atoms with Crippen molar-refractivity contribution in [3.63, 3.8) is 0 Å². The van der Waals surface area contributed by atoms with Gasteiger partial charge in [-0.1, -0.05) is 24.3 Å². The maximum atomic E-state index is 9.53. The minimum Gasteiger partial charge on any atom is -0.508 e. The average molecular weight is 281 g/mol. The molecule has 2 heteroatoms. The van der Waals surface area contributed by atoms with Crippen molar-refractivity contribution in [3.8, 4) is 5.75 Å². The summed E-state index contributed by atoms with van der Waals surface area (Å²) in [6.45, 7) is 4.35. The third-order valence-electron chi connectivity index (χ3n) is 4.15. The quantitative estimate of drug-likeness (QED) is 0.838. The Morgan fingerprint density at radius 2 is 2.00 bits per heavy atom. The Hall–Kier alpha value is -1.96. The first-order chi connectivity index (χ1) is 10.1. The van der Waals surface area contributed by atoms with E-state index in [1.54, 1.807) is 6.07 Å². The monoisotopic (exact) mass is 281 g/mol. The number of aryl methyl sites for hydroxylation is 1. The average Bonchev–Trinajstić information content (AvgIpc) is 3.25. The zero-order valence-electron chi connectivity index (χ0n) is 12.8. The Morgan fingerprint density at radius 1 is 1.19 bits per heavy atom. The van der Waals surface area contributed by atoms with Gasteiger partial charge in [-0.05, 0) is 73.9 Å².